The standard InChI is InChI=1S/C10H16N4O3/c1-7(2)11-10(15)4-5-13-6-9(14(16)17)8(3)12-13/h6-7H,4-5H2,1-3H3,(H,11,15). The van der Waals surface area contributed by atoms with Gasteiger partial charge in [0.1, 0.15) is 11.9 Å². The minimum atomic E-state index is -0.479. The summed E-state index contributed by atoms with van der Waals surface area (Å²) in [5, 5.41) is 17.3. The first-order valence-electron chi connectivity index (χ1n) is 5.38. The fourth-order valence-electron chi connectivity index (χ4n) is 1.41. The third-order valence-electron chi connectivity index (χ3n) is 2.13. The van der Waals surface area contributed by atoms with E-state index in [0.29, 0.717) is 12.2 Å². The number of aromatic nitrogens is 2. The fourth-order valence-corrected chi connectivity index (χ4v) is 1.41. The predicted octanol–water partition coefficient (Wildman–Crippen LogP) is 1.01. The van der Waals surface area contributed by atoms with E-state index in [4.69, 9.17) is 0 Å². The highest BCUT2D eigenvalue weighted by Crippen LogP contribution is 2.14. The summed E-state index contributed by atoms with van der Waals surface area (Å²) in [6, 6.07) is 0.0937. The second kappa shape index (κ2) is 5.42. The van der Waals surface area contributed by atoms with E-state index in [1.165, 1.54) is 10.9 Å². The molecule has 7 heteroatoms. The molecule has 0 aliphatic carbocycles. The largest absolute Gasteiger partial charge is 0.354 e. The van der Waals surface area contributed by atoms with E-state index in [9.17, 15) is 14.9 Å². The summed E-state index contributed by atoms with van der Waals surface area (Å²) in [6.07, 6.45) is 1.61. The molecule has 0 spiro atoms. The van der Waals surface area contributed by atoms with Crippen LogP contribution in [0.15, 0.2) is 6.20 Å². The molecule has 94 valence electrons. The quantitative estimate of drug-likeness (QED) is 0.614. The lowest BCUT2D eigenvalue weighted by Gasteiger charge is -2.07. The minimum absolute atomic E-state index is 0.0192. The SMILES string of the molecule is Cc1nn(CCC(=O)NC(C)C)cc1[N+](=O)[O-]. The average molecular weight is 240 g/mol. The molecular formula is C10H16N4O3. The number of rotatable bonds is 5. The van der Waals surface area contributed by atoms with Crippen LogP contribution in [0.2, 0.25) is 0 Å². The van der Waals surface area contributed by atoms with Crippen LogP contribution in [0.4, 0.5) is 5.69 Å². The van der Waals surface area contributed by atoms with Gasteiger partial charge >= 0.3 is 5.69 Å². The van der Waals surface area contributed by atoms with E-state index in [2.05, 4.69) is 10.4 Å². The lowest BCUT2D eigenvalue weighted by molar-refractivity contribution is -0.385. The van der Waals surface area contributed by atoms with E-state index in [1.807, 2.05) is 13.8 Å². The molecule has 0 aliphatic rings. The van der Waals surface area contributed by atoms with Crippen molar-refractivity contribution in [2.24, 2.45) is 0 Å². The molecule has 1 rings (SSSR count). The molecule has 17 heavy (non-hydrogen) atoms. The zero-order valence-corrected chi connectivity index (χ0v) is 10.1. The molecule has 0 bridgehead atoms. The lowest BCUT2D eigenvalue weighted by Crippen LogP contribution is -2.30. The number of nitro groups is 1. The maximum absolute atomic E-state index is 11.4. The van der Waals surface area contributed by atoms with Crippen LogP contribution >= 0.6 is 0 Å². The van der Waals surface area contributed by atoms with Crippen molar-refractivity contribution in [1.29, 1.82) is 0 Å². The van der Waals surface area contributed by atoms with Crippen molar-refractivity contribution in [3.8, 4) is 0 Å². The zero-order chi connectivity index (χ0) is 13.0. The topological polar surface area (TPSA) is 90.1 Å². The van der Waals surface area contributed by atoms with Crippen molar-refractivity contribution in [2.45, 2.75) is 39.8 Å². The monoisotopic (exact) mass is 240 g/mol. The Hall–Kier alpha value is -1.92. The van der Waals surface area contributed by atoms with Crippen LogP contribution in [0.25, 0.3) is 0 Å². The molecule has 1 aromatic rings. The van der Waals surface area contributed by atoms with Gasteiger partial charge in [-0.2, -0.15) is 5.10 Å². The van der Waals surface area contributed by atoms with E-state index in [1.54, 1.807) is 6.92 Å². The van der Waals surface area contributed by atoms with E-state index < -0.39 is 4.92 Å². The first-order chi connectivity index (χ1) is 7.90. The van der Waals surface area contributed by atoms with Gasteiger partial charge in [0.15, 0.2) is 0 Å². The van der Waals surface area contributed by atoms with Gasteiger partial charge in [-0.3, -0.25) is 19.6 Å². The summed E-state index contributed by atoms with van der Waals surface area (Å²) in [7, 11) is 0. The number of hydrogen-bond donors (Lipinski definition) is 1. The van der Waals surface area contributed by atoms with Crippen molar-refractivity contribution in [3.05, 3.63) is 22.0 Å². The maximum atomic E-state index is 11.4. The van der Waals surface area contributed by atoms with Crippen LogP contribution in [0.3, 0.4) is 0 Å². The summed E-state index contributed by atoms with van der Waals surface area (Å²) < 4.78 is 1.42. The molecule has 0 saturated heterocycles. The number of carbonyl (C=O) groups excluding carboxylic acids is 1. The van der Waals surface area contributed by atoms with Gasteiger partial charge in [0, 0.05) is 19.0 Å². The van der Waals surface area contributed by atoms with Gasteiger partial charge in [-0.05, 0) is 20.8 Å². The average Bonchev–Trinajstić information content (AvgIpc) is 2.56. The fraction of sp³-hybridized carbons (Fsp3) is 0.600. The van der Waals surface area contributed by atoms with Crippen molar-refractivity contribution in [3.63, 3.8) is 0 Å². The molecule has 0 fully saturated rings. The van der Waals surface area contributed by atoms with Crippen molar-refractivity contribution in [2.75, 3.05) is 0 Å². The Bertz CT molecular complexity index is 425. The predicted molar refractivity (Wildman–Crippen MR) is 61.5 cm³/mol. The van der Waals surface area contributed by atoms with E-state index in [0.717, 1.165) is 0 Å². The summed E-state index contributed by atoms with van der Waals surface area (Å²) in [5.74, 6) is -0.0872. The van der Waals surface area contributed by atoms with Crippen LogP contribution < -0.4 is 5.32 Å². The van der Waals surface area contributed by atoms with Gasteiger partial charge in [-0.15, -0.1) is 0 Å². The molecule has 0 atom stereocenters. The molecular weight excluding hydrogens is 224 g/mol. The minimum Gasteiger partial charge on any atom is -0.354 e. The number of nitrogens with one attached hydrogen (secondary N) is 1. The molecule has 1 aromatic heterocycles. The Morgan fingerprint density at radius 2 is 2.29 bits per heavy atom. The molecule has 1 amide bonds. The second-order valence-corrected chi connectivity index (χ2v) is 4.09. The molecule has 0 aromatic carbocycles. The van der Waals surface area contributed by atoms with Gasteiger partial charge in [0.2, 0.25) is 5.91 Å². The number of nitrogens with zero attached hydrogens (tertiary/aromatic N) is 3. The smallest absolute Gasteiger partial charge is 0.309 e. The highest BCUT2D eigenvalue weighted by molar-refractivity contribution is 5.76. The van der Waals surface area contributed by atoms with Gasteiger partial charge < -0.3 is 5.32 Å². The molecule has 0 radical (unpaired) electrons. The molecule has 0 saturated carbocycles. The molecule has 7 nitrogen and oxygen atoms in total. The Balaban J connectivity index is 2.55. The van der Waals surface area contributed by atoms with Crippen molar-refractivity contribution < 1.29 is 9.72 Å². The van der Waals surface area contributed by atoms with Gasteiger partial charge in [-0.25, -0.2) is 0 Å². The highest BCUT2D eigenvalue weighted by atomic mass is 16.6. The van der Waals surface area contributed by atoms with Crippen LogP contribution in [0.5, 0.6) is 0 Å². The Labute approximate surface area is 99.0 Å². The number of carbonyl (C=O) groups is 1. The van der Waals surface area contributed by atoms with Crippen LogP contribution in [-0.2, 0) is 11.3 Å². The Morgan fingerprint density at radius 3 is 2.76 bits per heavy atom. The summed E-state index contributed by atoms with van der Waals surface area (Å²) in [4.78, 5) is 21.5. The Morgan fingerprint density at radius 1 is 1.65 bits per heavy atom. The maximum Gasteiger partial charge on any atom is 0.309 e. The van der Waals surface area contributed by atoms with Crippen LogP contribution in [0, 0.1) is 17.0 Å². The highest BCUT2D eigenvalue weighted by Gasteiger charge is 2.15. The van der Waals surface area contributed by atoms with Gasteiger partial charge in [0.25, 0.3) is 0 Å². The van der Waals surface area contributed by atoms with Crippen LogP contribution in [0.1, 0.15) is 26.0 Å². The third-order valence-corrected chi connectivity index (χ3v) is 2.13. The number of hydrogen-bond acceptors (Lipinski definition) is 4. The normalized spacial score (nSPS) is 10.6. The molecule has 1 heterocycles. The first kappa shape index (κ1) is 13.1. The zero-order valence-electron chi connectivity index (χ0n) is 10.1. The van der Waals surface area contributed by atoms with Crippen LogP contribution in [-0.4, -0.2) is 26.7 Å². The third kappa shape index (κ3) is 3.86. The van der Waals surface area contributed by atoms with E-state index in [-0.39, 0.29) is 24.1 Å². The first-order valence-corrected chi connectivity index (χ1v) is 5.38. The number of amides is 1. The summed E-state index contributed by atoms with van der Waals surface area (Å²) in [6.45, 7) is 5.66. The summed E-state index contributed by atoms with van der Waals surface area (Å²) in [5.41, 5.74) is 0.341. The summed E-state index contributed by atoms with van der Waals surface area (Å²) >= 11 is 0. The molecule has 0 unspecified atom stereocenters. The lowest BCUT2D eigenvalue weighted by atomic mass is 10.3. The molecule has 0 aliphatic heterocycles. The van der Waals surface area contributed by atoms with Gasteiger partial charge in [0.05, 0.1) is 4.92 Å². The van der Waals surface area contributed by atoms with Gasteiger partial charge in [-0.1, -0.05) is 0 Å². The number of aryl methyl sites for hydroxylation is 2. The van der Waals surface area contributed by atoms with Crippen molar-refractivity contribution in [1.82, 2.24) is 15.1 Å². The van der Waals surface area contributed by atoms with Crippen molar-refractivity contribution >= 4 is 11.6 Å². The Kier molecular flexibility index (Phi) is 4.19. The molecule has 1 N–H and O–H groups in total. The second-order valence-electron chi connectivity index (χ2n) is 4.09. The van der Waals surface area contributed by atoms with E-state index >= 15 is 0 Å².